The van der Waals surface area contributed by atoms with Gasteiger partial charge in [-0.15, -0.1) is 0 Å². The molecule has 1 amide bonds. The summed E-state index contributed by atoms with van der Waals surface area (Å²) < 4.78 is 23.7. The number of sulfone groups is 1. The molecule has 0 saturated carbocycles. The highest BCUT2D eigenvalue weighted by Crippen LogP contribution is 2.26. The van der Waals surface area contributed by atoms with Crippen LogP contribution >= 0.6 is 11.6 Å². The number of carbonyl (C=O) groups is 2. The third-order valence-corrected chi connectivity index (χ3v) is 5.00. The molecule has 0 unspecified atom stereocenters. The summed E-state index contributed by atoms with van der Waals surface area (Å²) >= 11 is 6.10. The number of carbonyl (C=O) groups excluding carboxylic acids is 1. The zero-order chi connectivity index (χ0) is 18.6. The van der Waals surface area contributed by atoms with Crippen molar-refractivity contribution in [2.75, 3.05) is 6.26 Å². The monoisotopic (exact) mass is 381 g/mol. The third kappa shape index (κ3) is 4.80. The van der Waals surface area contributed by atoms with Crippen molar-refractivity contribution in [3.05, 3.63) is 64.7 Å². The molecule has 0 saturated heterocycles. The highest BCUT2D eigenvalue weighted by atomic mass is 35.5. The molecule has 132 valence electrons. The molecular formula is C17H16ClNO5S. The van der Waals surface area contributed by atoms with Crippen LogP contribution < -0.4 is 5.32 Å². The van der Waals surface area contributed by atoms with Crippen molar-refractivity contribution in [2.24, 2.45) is 0 Å². The van der Waals surface area contributed by atoms with Crippen LogP contribution in [0.4, 0.5) is 0 Å². The first kappa shape index (κ1) is 19.0. The highest BCUT2D eigenvalue weighted by molar-refractivity contribution is 7.90. The smallest absolute Gasteiger partial charge is 0.305 e. The molecule has 0 fully saturated rings. The zero-order valence-electron chi connectivity index (χ0n) is 13.3. The zero-order valence-corrected chi connectivity index (χ0v) is 14.8. The van der Waals surface area contributed by atoms with Crippen LogP contribution in [0.1, 0.15) is 28.4 Å². The fourth-order valence-corrected chi connectivity index (χ4v) is 3.54. The molecule has 0 aliphatic rings. The summed E-state index contributed by atoms with van der Waals surface area (Å²) in [5.41, 5.74) is 0.393. The summed E-state index contributed by atoms with van der Waals surface area (Å²) in [5.74, 6) is -1.81. The lowest BCUT2D eigenvalue weighted by Gasteiger charge is -2.19. The Balaban J connectivity index is 2.39. The molecule has 0 spiro atoms. The minimum atomic E-state index is -3.61. The second-order valence-electron chi connectivity index (χ2n) is 5.41. The van der Waals surface area contributed by atoms with Gasteiger partial charge in [0.05, 0.1) is 22.9 Å². The Morgan fingerprint density at radius 1 is 1.12 bits per heavy atom. The van der Waals surface area contributed by atoms with Crippen LogP contribution in [-0.2, 0) is 14.6 Å². The van der Waals surface area contributed by atoms with Crippen LogP contribution in [0.15, 0.2) is 53.4 Å². The summed E-state index contributed by atoms with van der Waals surface area (Å²) in [6.45, 7) is 0. The Morgan fingerprint density at radius 2 is 1.72 bits per heavy atom. The second kappa shape index (κ2) is 7.67. The van der Waals surface area contributed by atoms with Gasteiger partial charge in [-0.05, 0) is 23.8 Å². The first-order valence-corrected chi connectivity index (χ1v) is 9.53. The standard InChI is InChI=1S/C17H16ClNO5S/c1-25(23,24)15-9-5-3-7-12(15)17(22)19-14(10-16(20)21)11-6-2-4-8-13(11)18/h2-9,14H,10H2,1H3,(H,19,22)(H,20,21)/t14-/m1/s1. The Kier molecular flexibility index (Phi) is 5.81. The van der Waals surface area contributed by atoms with E-state index in [0.29, 0.717) is 10.6 Å². The van der Waals surface area contributed by atoms with Gasteiger partial charge in [0.2, 0.25) is 0 Å². The molecule has 2 aromatic carbocycles. The predicted octanol–water partition coefficient (Wildman–Crippen LogP) is 2.69. The number of aliphatic carboxylic acids is 1. The van der Waals surface area contributed by atoms with Gasteiger partial charge in [-0.1, -0.05) is 41.9 Å². The molecule has 0 radical (unpaired) electrons. The van der Waals surface area contributed by atoms with Crippen LogP contribution in [0.25, 0.3) is 0 Å². The van der Waals surface area contributed by atoms with Gasteiger partial charge in [0.1, 0.15) is 0 Å². The number of nitrogens with one attached hydrogen (secondary N) is 1. The normalized spacial score (nSPS) is 12.4. The minimum Gasteiger partial charge on any atom is -0.481 e. The number of hydrogen-bond acceptors (Lipinski definition) is 4. The fraction of sp³-hybridized carbons (Fsp3) is 0.176. The van der Waals surface area contributed by atoms with E-state index in [1.54, 1.807) is 24.3 Å². The predicted molar refractivity (Wildman–Crippen MR) is 93.5 cm³/mol. The first-order valence-electron chi connectivity index (χ1n) is 7.26. The Morgan fingerprint density at radius 3 is 2.32 bits per heavy atom. The summed E-state index contributed by atoms with van der Waals surface area (Å²) in [5, 5.41) is 12.0. The van der Waals surface area contributed by atoms with Crippen LogP contribution in [0, 0.1) is 0 Å². The second-order valence-corrected chi connectivity index (χ2v) is 7.81. The van der Waals surface area contributed by atoms with E-state index in [0.717, 1.165) is 6.26 Å². The van der Waals surface area contributed by atoms with E-state index >= 15 is 0 Å². The molecular weight excluding hydrogens is 366 g/mol. The number of amides is 1. The van der Waals surface area contributed by atoms with Gasteiger partial charge < -0.3 is 10.4 Å². The maximum absolute atomic E-state index is 12.6. The minimum absolute atomic E-state index is 0.0487. The first-order chi connectivity index (χ1) is 11.7. The van der Waals surface area contributed by atoms with E-state index in [1.165, 1.54) is 24.3 Å². The number of hydrogen-bond donors (Lipinski definition) is 2. The number of benzene rings is 2. The van der Waals surface area contributed by atoms with Crippen molar-refractivity contribution in [1.29, 1.82) is 0 Å². The molecule has 2 N–H and O–H groups in total. The third-order valence-electron chi connectivity index (χ3n) is 3.50. The largest absolute Gasteiger partial charge is 0.481 e. The molecule has 2 rings (SSSR count). The number of rotatable bonds is 6. The molecule has 8 heteroatoms. The Labute approximate surface area is 150 Å². The van der Waals surface area contributed by atoms with E-state index in [2.05, 4.69) is 5.32 Å². The van der Waals surface area contributed by atoms with E-state index < -0.39 is 34.2 Å². The maximum Gasteiger partial charge on any atom is 0.305 e. The Bertz CT molecular complexity index is 911. The maximum atomic E-state index is 12.6. The van der Waals surface area contributed by atoms with E-state index in [9.17, 15) is 18.0 Å². The van der Waals surface area contributed by atoms with Crippen molar-refractivity contribution >= 4 is 33.3 Å². The van der Waals surface area contributed by atoms with Crippen LogP contribution in [0.3, 0.4) is 0 Å². The SMILES string of the molecule is CS(=O)(=O)c1ccccc1C(=O)N[C@H](CC(=O)O)c1ccccc1Cl. The molecule has 0 aliphatic heterocycles. The van der Waals surface area contributed by atoms with Gasteiger partial charge in [-0.2, -0.15) is 0 Å². The van der Waals surface area contributed by atoms with Crippen LogP contribution in [0.2, 0.25) is 5.02 Å². The van der Waals surface area contributed by atoms with Gasteiger partial charge in [0.15, 0.2) is 9.84 Å². The quantitative estimate of drug-likeness (QED) is 0.801. The van der Waals surface area contributed by atoms with Gasteiger partial charge >= 0.3 is 5.97 Å². The summed E-state index contributed by atoms with van der Waals surface area (Å²) in [7, 11) is -3.61. The van der Waals surface area contributed by atoms with Crippen molar-refractivity contribution in [1.82, 2.24) is 5.32 Å². The molecule has 0 aliphatic carbocycles. The number of halogens is 1. The van der Waals surface area contributed by atoms with E-state index in [-0.39, 0.29) is 10.5 Å². The van der Waals surface area contributed by atoms with Crippen molar-refractivity contribution in [2.45, 2.75) is 17.4 Å². The van der Waals surface area contributed by atoms with Crippen LogP contribution in [0.5, 0.6) is 0 Å². The average Bonchev–Trinajstić information content (AvgIpc) is 2.53. The molecule has 6 nitrogen and oxygen atoms in total. The topological polar surface area (TPSA) is 101 Å². The summed E-state index contributed by atoms with van der Waals surface area (Å²) in [4.78, 5) is 23.6. The van der Waals surface area contributed by atoms with Gasteiger partial charge in [-0.3, -0.25) is 9.59 Å². The number of carboxylic acids is 1. The molecule has 2 aromatic rings. The summed E-state index contributed by atoms with van der Waals surface area (Å²) in [6, 6.07) is 11.4. The summed E-state index contributed by atoms with van der Waals surface area (Å²) in [6.07, 6.45) is 0.610. The molecule has 0 bridgehead atoms. The lowest BCUT2D eigenvalue weighted by atomic mass is 10.0. The number of carboxylic acid groups (broad SMARTS) is 1. The van der Waals surface area contributed by atoms with E-state index in [1.807, 2.05) is 0 Å². The van der Waals surface area contributed by atoms with Gasteiger partial charge in [-0.25, -0.2) is 8.42 Å². The lowest BCUT2D eigenvalue weighted by Crippen LogP contribution is -2.31. The molecule has 0 aromatic heterocycles. The lowest BCUT2D eigenvalue weighted by molar-refractivity contribution is -0.137. The van der Waals surface area contributed by atoms with Gasteiger partial charge in [0.25, 0.3) is 5.91 Å². The highest BCUT2D eigenvalue weighted by Gasteiger charge is 2.24. The Hall–Kier alpha value is -2.38. The van der Waals surface area contributed by atoms with E-state index in [4.69, 9.17) is 16.7 Å². The van der Waals surface area contributed by atoms with Crippen molar-refractivity contribution in [3.8, 4) is 0 Å². The van der Waals surface area contributed by atoms with Crippen molar-refractivity contribution in [3.63, 3.8) is 0 Å². The van der Waals surface area contributed by atoms with Gasteiger partial charge in [0, 0.05) is 11.3 Å². The molecule has 25 heavy (non-hydrogen) atoms. The molecule has 0 heterocycles. The average molecular weight is 382 g/mol. The van der Waals surface area contributed by atoms with Crippen molar-refractivity contribution < 1.29 is 23.1 Å². The molecule has 1 atom stereocenters. The fourth-order valence-electron chi connectivity index (χ4n) is 2.38. The van der Waals surface area contributed by atoms with Crippen LogP contribution in [-0.4, -0.2) is 31.7 Å².